The highest BCUT2D eigenvalue weighted by atomic mass is 16.5. The number of methoxy groups -OCH3 is 1. The predicted octanol–water partition coefficient (Wildman–Crippen LogP) is 0.134. The van der Waals surface area contributed by atoms with E-state index in [1.165, 1.54) is 0 Å². The van der Waals surface area contributed by atoms with Crippen LogP contribution in [0.25, 0.3) is 11.3 Å². The first-order chi connectivity index (χ1) is 7.70. The third kappa shape index (κ3) is 1.85. The fourth-order valence-corrected chi connectivity index (χ4v) is 1.29. The summed E-state index contributed by atoms with van der Waals surface area (Å²) in [5, 5.41) is 5.86. The molecule has 82 valence electrons. The minimum atomic E-state index is -0.623. The Balaban J connectivity index is 2.50. The highest BCUT2D eigenvalue weighted by molar-refractivity contribution is 5.58. The lowest BCUT2D eigenvalue weighted by atomic mass is 10.1. The summed E-state index contributed by atoms with van der Waals surface area (Å²) < 4.78 is 4.99. The number of ether oxygens (including phenoxy) is 1. The van der Waals surface area contributed by atoms with Crippen LogP contribution in [0.1, 0.15) is 0 Å². The van der Waals surface area contributed by atoms with Gasteiger partial charge in [0.15, 0.2) is 5.69 Å². The van der Waals surface area contributed by atoms with Crippen LogP contribution in [0.5, 0.6) is 5.75 Å². The molecular weight excluding hydrogens is 210 g/mol. The van der Waals surface area contributed by atoms with Gasteiger partial charge in [-0.05, 0) is 24.3 Å². The Kier molecular flexibility index (Phi) is 2.55. The first-order valence-electron chi connectivity index (χ1n) is 4.54. The fraction of sp³-hybridized carbons (Fsp3) is 0.100. The molecule has 0 bridgehead atoms. The molecule has 0 spiro atoms. The molecule has 0 fully saturated rings. The zero-order valence-electron chi connectivity index (χ0n) is 8.48. The van der Waals surface area contributed by atoms with Crippen molar-refractivity contribution in [1.29, 1.82) is 0 Å². The number of aromatic amines is 2. The molecule has 1 aromatic heterocycles. The van der Waals surface area contributed by atoms with Crippen LogP contribution < -0.4 is 16.0 Å². The standard InChI is InChI=1S/C10H9N3O3/c1-16-7-4-2-6(3-5-7)8-9(14)11-10(15)13-12-8/h2-5H,1H3,(H2,11,13,14,15). The van der Waals surface area contributed by atoms with E-state index in [2.05, 4.69) is 15.2 Å². The molecule has 0 saturated heterocycles. The number of H-pyrrole nitrogens is 2. The number of aromatic nitrogens is 3. The number of rotatable bonds is 2. The Morgan fingerprint density at radius 3 is 2.44 bits per heavy atom. The molecule has 2 N–H and O–H groups in total. The van der Waals surface area contributed by atoms with Crippen molar-refractivity contribution in [2.45, 2.75) is 0 Å². The largest absolute Gasteiger partial charge is 0.497 e. The maximum Gasteiger partial charge on any atom is 0.342 e. The lowest BCUT2D eigenvalue weighted by molar-refractivity contribution is 0.415. The van der Waals surface area contributed by atoms with Gasteiger partial charge >= 0.3 is 5.69 Å². The summed E-state index contributed by atoms with van der Waals surface area (Å²) in [6.07, 6.45) is 0. The van der Waals surface area contributed by atoms with Gasteiger partial charge in [-0.25, -0.2) is 9.89 Å². The number of benzene rings is 1. The van der Waals surface area contributed by atoms with E-state index in [1.54, 1.807) is 31.4 Å². The summed E-state index contributed by atoms with van der Waals surface area (Å²) in [5.41, 5.74) is -0.364. The fourth-order valence-electron chi connectivity index (χ4n) is 1.29. The summed E-state index contributed by atoms with van der Waals surface area (Å²) in [6, 6.07) is 6.80. The van der Waals surface area contributed by atoms with Crippen molar-refractivity contribution in [2.24, 2.45) is 0 Å². The summed E-state index contributed by atoms with van der Waals surface area (Å²) in [4.78, 5) is 24.3. The molecule has 0 amide bonds. The van der Waals surface area contributed by atoms with E-state index in [4.69, 9.17) is 4.74 Å². The lowest BCUT2D eigenvalue weighted by Crippen LogP contribution is -2.25. The number of nitrogens with zero attached hydrogens (tertiary/aromatic N) is 1. The first kappa shape index (κ1) is 10.2. The second kappa shape index (κ2) is 4.01. The van der Waals surface area contributed by atoms with Crippen LogP contribution in [-0.2, 0) is 0 Å². The van der Waals surface area contributed by atoms with E-state index in [1.807, 2.05) is 0 Å². The zero-order valence-corrected chi connectivity index (χ0v) is 8.48. The molecule has 1 aromatic carbocycles. The van der Waals surface area contributed by atoms with Gasteiger partial charge in [0, 0.05) is 5.56 Å². The van der Waals surface area contributed by atoms with Crippen LogP contribution in [0.4, 0.5) is 0 Å². The number of nitrogens with one attached hydrogen (secondary N) is 2. The summed E-state index contributed by atoms with van der Waals surface area (Å²) in [7, 11) is 1.56. The maximum absolute atomic E-state index is 11.4. The van der Waals surface area contributed by atoms with Crippen LogP contribution in [0.3, 0.4) is 0 Å². The van der Waals surface area contributed by atoms with Gasteiger partial charge in [-0.1, -0.05) is 0 Å². The molecule has 0 atom stereocenters. The second-order valence-corrected chi connectivity index (χ2v) is 3.08. The Labute approximate surface area is 89.9 Å². The van der Waals surface area contributed by atoms with E-state index in [9.17, 15) is 9.59 Å². The molecule has 6 nitrogen and oxygen atoms in total. The van der Waals surface area contributed by atoms with Crippen molar-refractivity contribution in [3.63, 3.8) is 0 Å². The van der Waals surface area contributed by atoms with Gasteiger partial charge in [-0.3, -0.25) is 9.78 Å². The van der Waals surface area contributed by atoms with Gasteiger partial charge in [0.2, 0.25) is 0 Å². The van der Waals surface area contributed by atoms with Gasteiger partial charge < -0.3 is 4.74 Å². The maximum atomic E-state index is 11.4. The molecule has 0 aliphatic carbocycles. The van der Waals surface area contributed by atoms with E-state index >= 15 is 0 Å². The van der Waals surface area contributed by atoms with Gasteiger partial charge in [0.05, 0.1) is 7.11 Å². The molecule has 0 aliphatic heterocycles. The Bertz CT molecular complexity index is 598. The molecule has 0 saturated carbocycles. The van der Waals surface area contributed by atoms with Crippen molar-refractivity contribution >= 4 is 0 Å². The Morgan fingerprint density at radius 1 is 1.19 bits per heavy atom. The van der Waals surface area contributed by atoms with Crippen LogP contribution in [0, 0.1) is 0 Å². The average Bonchev–Trinajstić information content (AvgIpc) is 2.29. The third-order valence-corrected chi connectivity index (χ3v) is 2.07. The average molecular weight is 219 g/mol. The summed E-state index contributed by atoms with van der Waals surface area (Å²) in [5.74, 6) is 0.685. The third-order valence-electron chi connectivity index (χ3n) is 2.07. The van der Waals surface area contributed by atoms with Gasteiger partial charge in [0.25, 0.3) is 5.56 Å². The topological polar surface area (TPSA) is 87.8 Å². The van der Waals surface area contributed by atoms with Crippen LogP contribution >= 0.6 is 0 Å². The molecule has 2 aromatic rings. The molecule has 0 aliphatic rings. The van der Waals surface area contributed by atoms with E-state index in [0.29, 0.717) is 11.3 Å². The highest BCUT2D eigenvalue weighted by Gasteiger charge is 2.05. The quantitative estimate of drug-likeness (QED) is 0.751. The van der Waals surface area contributed by atoms with Crippen molar-refractivity contribution < 1.29 is 4.74 Å². The molecule has 2 rings (SSSR count). The van der Waals surface area contributed by atoms with Crippen LogP contribution in [0.2, 0.25) is 0 Å². The Hall–Kier alpha value is -2.37. The minimum Gasteiger partial charge on any atom is -0.497 e. The zero-order chi connectivity index (χ0) is 11.5. The second-order valence-electron chi connectivity index (χ2n) is 3.08. The van der Waals surface area contributed by atoms with E-state index in [-0.39, 0.29) is 5.69 Å². The molecule has 6 heteroatoms. The predicted molar refractivity (Wildman–Crippen MR) is 57.5 cm³/mol. The van der Waals surface area contributed by atoms with Gasteiger partial charge in [0.1, 0.15) is 5.75 Å². The smallest absolute Gasteiger partial charge is 0.342 e. The lowest BCUT2D eigenvalue weighted by Gasteiger charge is -2.01. The normalized spacial score (nSPS) is 10.1. The number of hydrogen-bond donors (Lipinski definition) is 2. The van der Waals surface area contributed by atoms with Crippen molar-refractivity contribution in [1.82, 2.24) is 15.2 Å². The number of hydrogen-bond acceptors (Lipinski definition) is 4. The van der Waals surface area contributed by atoms with E-state index < -0.39 is 11.2 Å². The molecule has 0 radical (unpaired) electrons. The molecular formula is C10H9N3O3. The minimum absolute atomic E-state index is 0.169. The van der Waals surface area contributed by atoms with E-state index in [0.717, 1.165) is 0 Å². The van der Waals surface area contributed by atoms with Crippen molar-refractivity contribution in [3.05, 3.63) is 45.1 Å². The van der Waals surface area contributed by atoms with Crippen LogP contribution in [-0.4, -0.2) is 22.3 Å². The molecule has 1 heterocycles. The van der Waals surface area contributed by atoms with Crippen LogP contribution in [0.15, 0.2) is 33.9 Å². The van der Waals surface area contributed by atoms with Gasteiger partial charge in [-0.2, -0.15) is 5.10 Å². The molecule has 16 heavy (non-hydrogen) atoms. The SMILES string of the molecule is COc1ccc(-c2n[nH]c(=O)[nH]c2=O)cc1. The van der Waals surface area contributed by atoms with Gasteiger partial charge in [-0.15, -0.1) is 0 Å². The van der Waals surface area contributed by atoms with Crippen molar-refractivity contribution in [2.75, 3.05) is 7.11 Å². The molecule has 0 unspecified atom stereocenters. The first-order valence-corrected chi connectivity index (χ1v) is 4.54. The highest BCUT2D eigenvalue weighted by Crippen LogP contribution is 2.16. The monoisotopic (exact) mass is 219 g/mol. The van der Waals surface area contributed by atoms with Crippen molar-refractivity contribution in [3.8, 4) is 17.0 Å². The summed E-state index contributed by atoms with van der Waals surface area (Å²) >= 11 is 0. The summed E-state index contributed by atoms with van der Waals surface area (Å²) in [6.45, 7) is 0. The Morgan fingerprint density at radius 2 is 1.88 bits per heavy atom.